The molecule has 1 aromatic heterocycles. The van der Waals surface area contributed by atoms with E-state index in [0.717, 1.165) is 11.4 Å². The zero-order valence-corrected chi connectivity index (χ0v) is 14.9. The number of nitrogens with one attached hydrogen (secondary N) is 1. The third kappa shape index (κ3) is 4.18. The third-order valence-corrected chi connectivity index (χ3v) is 3.58. The van der Waals surface area contributed by atoms with Gasteiger partial charge in [-0.15, -0.1) is 0 Å². The Bertz CT molecular complexity index is 857. The van der Waals surface area contributed by atoms with Crippen LogP contribution in [0.15, 0.2) is 23.3 Å². The molecular formula is C17H20N4O5. The van der Waals surface area contributed by atoms with Crippen LogP contribution in [0.1, 0.15) is 27.3 Å². The number of benzene rings is 1. The van der Waals surface area contributed by atoms with Gasteiger partial charge in [-0.1, -0.05) is 0 Å². The Morgan fingerprint density at radius 1 is 1.31 bits per heavy atom. The summed E-state index contributed by atoms with van der Waals surface area (Å²) in [5, 5.41) is 17.5. The first-order valence-electron chi connectivity index (χ1n) is 7.68. The zero-order chi connectivity index (χ0) is 19.3. The molecule has 9 nitrogen and oxygen atoms in total. The fourth-order valence-electron chi connectivity index (χ4n) is 2.45. The van der Waals surface area contributed by atoms with E-state index in [2.05, 4.69) is 15.6 Å². The van der Waals surface area contributed by atoms with Gasteiger partial charge in [-0.2, -0.15) is 10.2 Å². The number of hydrazone groups is 1. The first-order chi connectivity index (χ1) is 12.4. The van der Waals surface area contributed by atoms with Gasteiger partial charge in [0.25, 0.3) is 5.91 Å². The van der Waals surface area contributed by atoms with Gasteiger partial charge in [0.1, 0.15) is 12.1 Å². The Labute approximate surface area is 150 Å². The topological polar surface area (TPSA) is 115 Å². The molecule has 0 fully saturated rings. The van der Waals surface area contributed by atoms with E-state index in [1.54, 1.807) is 10.7 Å². The Kier molecular flexibility index (Phi) is 5.94. The quantitative estimate of drug-likeness (QED) is 0.569. The minimum atomic E-state index is -1.20. The number of carbonyl (C=O) groups excluding carboxylic acids is 1. The molecule has 0 atom stereocenters. The summed E-state index contributed by atoms with van der Waals surface area (Å²) in [5.41, 5.74) is 4.18. The van der Waals surface area contributed by atoms with Crippen LogP contribution in [0.3, 0.4) is 0 Å². The van der Waals surface area contributed by atoms with Crippen LogP contribution in [0.5, 0.6) is 11.5 Å². The number of carboxylic acids is 1. The molecular weight excluding hydrogens is 340 g/mol. The maximum absolute atomic E-state index is 12.0. The molecule has 2 aromatic rings. The van der Waals surface area contributed by atoms with E-state index in [9.17, 15) is 14.7 Å². The number of carboxylic acid groups (broad SMARTS) is 1. The van der Waals surface area contributed by atoms with Crippen molar-refractivity contribution in [3.63, 3.8) is 0 Å². The minimum Gasteiger partial charge on any atom is -0.493 e. The van der Waals surface area contributed by atoms with Crippen molar-refractivity contribution in [3.05, 3.63) is 40.7 Å². The fraction of sp³-hybridized carbons (Fsp3) is 0.294. The van der Waals surface area contributed by atoms with Gasteiger partial charge in [0.15, 0.2) is 11.5 Å². The summed E-state index contributed by atoms with van der Waals surface area (Å²) in [6.45, 7) is 3.69. The zero-order valence-electron chi connectivity index (χ0n) is 14.9. The van der Waals surface area contributed by atoms with Crippen LogP contribution in [-0.4, -0.2) is 47.2 Å². The van der Waals surface area contributed by atoms with Crippen LogP contribution < -0.4 is 14.9 Å². The normalized spacial score (nSPS) is 10.8. The summed E-state index contributed by atoms with van der Waals surface area (Å²) in [5.74, 6) is -1.21. The molecule has 0 saturated heterocycles. The molecule has 1 amide bonds. The van der Waals surface area contributed by atoms with E-state index in [4.69, 9.17) is 9.47 Å². The van der Waals surface area contributed by atoms with Crippen LogP contribution in [0, 0.1) is 13.8 Å². The lowest BCUT2D eigenvalue weighted by atomic mass is 10.1. The number of carbonyl (C=O) groups is 2. The second-order valence-corrected chi connectivity index (χ2v) is 5.45. The van der Waals surface area contributed by atoms with Gasteiger partial charge in [-0.05, 0) is 32.0 Å². The molecule has 0 radical (unpaired) electrons. The molecule has 2 N–H and O–H groups in total. The number of hydrogen-bond donors (Lipinski definition) is 2. The first-order valence-corrected chi connectivity index (χ1v) is 7.68. The molecule has 0 aliphatic carbocycles. The Hall–Kier alpha value is -3.36. The van der Waals surface area contributed by atoms with Crippen LogP contribution >= 0.6 is 0 Å². The smallest absolute Gasteiger partial charge is 0.340 e. The van der Waals surface area contributed by atoms with E-state index in [1.165, 1.54) is 26.5 Å². The lowest BCUT2D eigenvalue weighted by molar-refractivity contribution is -0.121. The molecule has 0 spiro atoms. The number of rotatable bonds is 7. The van der Waals surface area contributed by atoms with Gasteiger partial charge < -0.3 is 14.6 Å². The van der Waals surface area contributed by atoms with E-state index in [1.807, 2.05) is 19.9 Å². The van der Waals surface area contributed by atoms with Gasteiger partial charge in [0.2, 0.25) is 0 Å². The highest BCUT2D eigenvalue weighted by Gasteiger charge is 2.20. The van der Waals surface area contributed by atoms with Gasteiger partial charge >= 0.3 is 5.97 Å². The second kappa shape index (κ2) is 8.15. The number of nitrogens with zero attached hydrogens (tertiary/aromatic N) is 3. The largest absolute Gasteiger partial charge is 0.493 e. The fourth-order valence-corrected chi connectivity index (χ4v) is 2.45. The summed E-state index contributed by atoms with van der Waals surface area (Å²) in [6.07, 6.45) is 1.24. The number of aromatic carboxylic acids is 1. The number of aromatic nitrogens is 2. The summed E-state index contributed by atoms with van der Waals surface area (Å²) in [6, 6.07) is 4.94. The van der Waals surface area contributed by atoms with Crippen molar-refractivity contribution in [1.29, 1.82) is 0 Å². The highest BCUT2D eigenvalue weighted by atomic mass is 16.5. The van der Waals surface area contributed by atoms with E-state index < -0.39 is 5.97 Å². The predicted molar refractivity (Wildman–Crippen MR) is 93.9 cm³/mol. The predicted octanol–water partition coefficient (Wildman–Crippen LogP) is 1.37. The summed E-state index contributed by atoms with van der Waals surface area (Å²) >= 11 is 0. The van der Waals surface area contributed by atoms with Crippen LogP contribution in [0.4, 0.5) is 0 Å². The van der Waals surface area contributed by atoms with E-state index in [-0.39, 0.29) is 35.1 Å². The maximum Gasteiger partial charge on any atom is 0.340 e. The third-order valence-electron chi connectivity index (χ3n) is 3.58. The molecule has 0 saturated carbocycles. The van der Waals surface area contributed by atoms with Crippen LogP contribution in [0.2, 0.25) is 0 Å². The number of aryl methyl sites for hydroxylation is 2. The lowest BCUT2D eigenvalue weighted by Gasteiger charge is -2.12. The molecule has 1 heterocycles. The molecule has 0 unspecified atom stereocenters. The number of amides is 1. The molecule has 0 aliphatic heterocycles. The SMILES string of the molecule is COc1ccc(/C=N\NC(=O)Cn2nc(C)cc2C)c(C(=O)O)c1OC. The van der Waals surface area contributed by atoms with E-state index in [0.29, 0.717) is 0 Å². The summed E-state index contributed by atoms with van der Waals surface area (Å²) < 4.78 is 11.8. The van der Waals surface area contributed by atoms with E-state index >= 15 is 0 Å². The molecule has 0 aliphatic rings. The molecule has 2 rings (SSSR count). The van der Waals surface area contributed by atoms with Crippen LogP contribution in [0.25, 0.3) is 0 Å². The highest BCUT2D eigenvalue weighted by molar-refractivity contribution is 6.02. The Balaban J connectivity index is 2.16. The molecule has 26 heavy (non-hydrogen) atoms. The highest BCUT2D eigenvalue weighted by Crippen LogP contribution is 2.32. The van der Waals surface area contributed by atoms with Gasteiger partial charge in [-0.25, -0.2) is 10.2 Å². The summed E-state index contributed by atoms with van der Waals surface area (Å²) in [7, 11) is 2.76. The Morgan fingerprint density at radius 3 is 2.58 bits per heavy atom. The van der Waals surface area contributed by atoms with Crippen molar-refractivity contribution in [3.8, 4) is 11.5 Å². The molecule has 1 aromatic carbocycles. The van der Waals surface area contributed by atoms with Gasteiger partial charge in [0, 0.05) is 11.3 Å². The monoisotopic (exact) mass is 360 g/mol. The van der Waals surface area contributed by atoms with Crippen molar-refractivity contribution in [2.24, 2.45) is 5.10 Å². The van der Waals surface area contributed by atoms with Crippen molar-refractivity contribution in [2.45, 2.75) is 20.4 Å². The Morgan fingerprint density at radius 2 is 2.04 bits per heavy atom. The summed E-state index contributed by atoms with van der Waals surface area (Å²) in [4.78, 5) is 23.5. The van der Waals surface area contributed by atoms with Crippen molar-refractivity contribution in [1.82, 2.24) is 15.2 Å². The van der Waals surface area contributed by atoms with Gasteiger partial charge in [0.05, 0.1) is 26.1 Å². The lowest BCUT2D eigenvalue weighted by Crippen LogP contribution is -2.24. The van der Waals surface area contributed by atoms with Gasteiger partial charge in [-0.3, -0.25) is 9.48 Å². The standard InChI is InChI=1S/C17H20N4O5/c1-10-7-11(2)21(20-10)9-14(22)19-18-8-12-5-6-13(25-3)16(26-4)15(12)17(23)24/h5-8H,9H2,1-4H3,(H,19,22)(H,23,24)/b18-8-. The average molecular weight is 360 g/mol. The molecule has 138 valence electrons. The first kappa shape index (κ1) is 19.0. The van der Waals surface area contributed by atoms with Crippen molar-refractivity contribution >= 4 is 18.1 Å². The second-order valence-electron chi connectivity index (χ2n) is 5.45. The maximum atomic E-state index is 12.0. The number of hydrogen-bond acceptors (Lipinski definition) is 6. The molecule has 9 heteroatoms. The number of ether oxygens (including phenoxy) is 2. The van der Waals surface area contributed by atoms with Crippen molar-refractivity contribution < 1.29 is 24.2 Å². The average Bonchev–Trinajstić information content (AvgIpc) is 2.90. The minimum absolute atomic E-state index is 0.00867. The molecule has 0 bridgehead atoms. The van der Waals surface area contributed by atoms with Crippen LogP contribution in [-0.2, 0) is 11.3 Å². The number of methoxy groups -OCH3 is 2. The van der Waals surface area contributed by atoms with Crippen molar-refractivity contribution in [2.75, 3.05) is 14.2 Å².